The quantitative estimate of drug-likeness (QED) is 0.878. The van der Waals surface area contributed by atoms with E-state index in [2.05, 4.69) is 36.2 Å². The van der Waals surface area contributed by atoms with E-state index < -0.39 is 0 Å². The lowest BCUT2D eigenvalue weighted by Crippen LogP contribution is -2.37. The SMILES string of the molecule is CCC1(C)CCN(Cc2ccc(CNC)s2)CC1. The van der Waals surface area contributed by atoms with E-state index in [1.54, 1.807) is 0 Å². The maximum absolute atomic E-state index is 3.22. The van der Waals surface area contributed by atoms with Crippen LogP contribution in [0.25, 0.3) is 0 Å². The molecule has 0 radical (unpaired) electrons. The third kappa shape index (κ3) is 3.56. The molecule has 1 fully saturated rings. The second-order valence-corrected chi connectivity index (χ2v) is 7.09. The van der Waals surface area contributed by atoms with Crippen LogP contribution in [0.4, 0.5) is 0 Å². The van der Waals surface area contributed by atoms with E-state index in [1.165, 1.54) is 42.1 Å². The summed E-state index contributed by atoms with van der Waals surface area (Å²) in [5.41, 5.74) is 0.600. The van der Waals surface area contributed by atoms with Crippen molar-refractivity contribution in [1.29, 1.82) is 0 Å². The first-order chi connectivity index (χ1) is 8.65. The number of rotatable bonds is 5. The summed E-state index contributed by atoms with van der Waals surface area (Å²) in [7, 11) is 2.01. The first-order valence-corrected chi connectivity index (χ1v) is 7.91. The first kappa shape index (κ1) is 14.0. The predicted octanol–water partition coefficient (Wildman–Crippen LogP) is 3.48. The maximum Gasteiger partial charge on any atom is 0.0328 e. The summed E-state index contributed by atoms with van der Waals surface area (Å²) in [6.45, 7) is 9.46. The number of hydrogen-bond acceptors (Lipinski definition) is 3. The van der Waals surface area contributed by atoms with Crippen molar-refractivity contribution in [3.8, 4) is 0 Å². The van der Waals surface area contributed by atoms with Gasteiger partial charge in [-0.15, -0.1) is 11.3 Å². The lowest BCUT2D eigenvalue weighted by Gasteiger charge is -2.38. The second-order valence-electron chi connectivity index (χ2n) is 5.84. The summed E-state index contributed by atoms with van der Waals surface area (Å²) >= 11 is 1.95. The Labute approximate surface area is 115 Å². The van der Waals surface area contributed by atoms with Crippen molar-refractivity contribution in [2.24, 2.45) is 5.41 Å². The van der Waals surface area contributed by atoms with Crippen molar-refractivity contribution in [1.82, 2.24) is 10.2 Å². The van der Waals surface area contributed by atoms with Gasteiger partial charge in [-0.25, -0.2) is 0 Å². The van der Waals surface area contributed by atoms with Gasteiger partial charge < -0.3 is 5.32 Å². The molecule has 0 saturated carbocycles. The Morgan fingerprint density at radius 2 is 1.94 bits per heavy atom. The minimum atomic E-state index is 0.600. The Morgan fingerprint density at radius 3 is 2.56 bits per heavy atom. The Balaban J connectivity index is 1.83. The van der Waals surface area contributed by atoms with Crippen LogP contribution in [0.15, 0.2) is 12.1 Å². The van der Waals surface area contributed by atoms with Crippen LogP contribution in [0, 0.1) is 5.41 Å². The van der Waals surface area contributed by atoms with Crippen LogP contribution >= 0.6 is 11.3 Å². The van der Waals surface area contributed by atoms with Crippen molar-refractivity contribution in [3.05, 3.63) is 21.9 Å². The van der Waals surface area contributed by atoms with Crippen LogP contribution in [-0.4, -0.2) is 25.0 Å². The Bertz CT molecular complexity index is 364. The normalized spacial score (nSPS) is 20.2. The summed E-state index contributed by atoms with van der Waals surface area (Å²) in [6.07, 6.45) is 4.04. The van der Waals surface area contributed by atoms with Crippen molar-refractivity contribution >= 4 is 11.3 Å². The molecule has 1 aliphatic rings. The van der Waals surface area contributed by atoms with Crippen molar-refractivity contribution < 1.29 is 0 Å². The van der Waals surface area contributed by atoms with Crippen molar-refractivity contribution in [2.45, 2.75) is 46.2 Å². The van der Waals surface area contributed by atoms with E-state index >= 15 is 0 Å². The van der Waals surface area contributed by atoms with Crippen LogP contribution < -0.4 is 5.32 Å². The van der Waals surface area contributed by atoms with Crippen LogP contribution in [0.2, 0.25) is 0 Å². The molecule has 1 aliphatic heterocycles. The zero-order valence-electron chi connectivity index (χ0n) is 12.0. The molecule has 0 bridgehead atoms. The average Bonchev–Trinajstić information content (AvgIpc) is 2.81. The van der Waals surface area contributed by atoms with Gasteiger partial charge >= 0.3 is 0 Å². The number of likely N-dealkylation sites (tertiary alicyclic amines) is 1. The van der Waals surface area contributed by atoms with Crippen LogP contribution in [0.1, 0.15) is 42.9 Å². The van der Waals surface area contributed by atoms with E-state index in [0.717, 1.165) is 13.1 Å². The summed E-state index contributed by atoms with van der Waals surface area (Å²) in [5.74, 6) is 0. The number of nitrogens with zero attached hydrogens (tertiary/aromatic N) is 1. The number of hydrogen-bond donors (Lipinski definition) is 1. The predicted molar refractivity (Wildman–Crippen MR) is 80.0 cm³/mol. The molecule has 2 nitrogen and oxygen atoms in total. The monoisotopic (exact) mass is 266 g/mol. The molecule has 1 aromatic rings. The summed E-state index contributed by atoms with van der Waals surface area (Å²) in [5, 5.41) is 3.22. The van der Waals surface area contributed by atoms with E-state index in [1.807, 2.05) is 18.4 Å². The molecule has 0 atom stereocenters. The van der Waals surface area contributed by atoms with Crippen molar-refractivity contribution in [2.75, 3.05) is 20.1 Å². The first-order valence-electron chi connectivity index (χ1n) is 7.10. The van der Waals surface area contributed by atoms with E-state index in [-0.39, 0.29) is 0 Å². The summed E-state index contributed by atoms with van der Waals surface area (Å²) in [4.78, 5) is 5.58. The molecular weight excluding hydrogens is 240 g/mol. The standard InChI is InChI=1S/C15H26N2S/c1-4-15(2)7-9-17(10-8-15)12-14-6-5-13(18-14)11-16-3/h5-6,16H,4,7-12H2,1-3H3. The van der Waals surface area contributed by atoms with Crippen LogP contribution in [-0.2, 0) is 13.1 Å². The molecule has 0 amide bonds. The molecule has 0 unspecified atom stereocenters. The second kappa shape index (κ2) is 6.18. The van der Waals surface area contributed by atoms with Gasteiger partial charge in [0.25, 0.3) is 0 Å². The topological polar surface area (TPSA) is 15.3 Å². The highest BCUT2D eigenvalue weighted by Crippen LogP contribution is 2.34. The molecule has 1 N–H and O–H groups in total. The van der Waals surface area contributed by atoms with Gasteiger partial charge in [0.05, 0.1) is 0 Å². The Kier molecular flexibility index (Phi) is 4.82. The maximum atomic E-state index is 3.22. The molecule has 0 aliphatic carbocycles. The lowest BCUT2D eigenvalue weighted by atomic mass is 9.78. The van der Waals surface area contributed by atoms with Gasteiger partial charge in [0, 0.05) is 22.8 Å². The molecule has 0 spiro atoms. The number of piperidine rings is 1. The third-order valence-electron chi connectivity index (χ3n) is 4.36. The van der Waals surface area contributed by atoms with Gasteiger partial charge in [0.15, 0.2) is 0 Å². The summed E-state index contributed by atoms with van der Waals surface area (Å²) in [6, 6.07) is 4.56. The third-order valence-corrected chi connectivity index (χ3v) is 5.43. The summed E-state index contributed by atoms with van der Waals surface area (Å²) < 4.78 is 0. The fourth-order valence-corrected chi connectivity index (χ4v) is 3.67. The highest BCUT2D eigenvalue weighted by Gasteiger charge is 2.28. The Hall–Kier alpha value is -0.380. The molecule has 102 valence electrons. The molecule has 1 saturated heterocycles. The van der Waals surface area contributed by atoms with Gasteiger partial charge in [-0.2, -0.15) is 0 Å². The molecule has 2 heterocycles. The lowest BCUT2D eigenvalue weighted by molar-refractivity contribution is 0.110. The molecule has 3 heteroatoms. The fourth-order valence-electron chi connectivity index (χ4n) is 2.60. The largest absolute Gasteiger partial charge is 0.315 e. The minimum absolute atomic E-state index is 0.600. The van der Waals surface area contributed by atoms with Gasteiger partial charge in [0.1, 0.15) is 0 Å². The van der Waals surface area contributed by atoms with Gasteiger partial charge in [-0.05, 0) is 50.5 Å². The highest BCUT2D eigenvalue weighted by atomic mass is 32.1. The zero-order valence-corrected chi connectivity index (χ0v) is 12.8. The number of thiophene rings is 1. The molecule has 2 rings (SSSR count). The minimum Gasteiger partial charge on any atom is -0.315 e. The molecule has 18 heavy (non-hydrogen) atoms. The number of nitrogens with one attached hydrogen (secondary N) is 1. The fraction of sp³-hybridized carbons (Fsp3) is 0.733. The van der Waals surface area contributed by atoms with Crippen LogP contribution in [0.3, 0.4) is 0 Å². The molecule has 1 aromatic heterocycles. The van der Waals surface area contributed by atoms with E-state index in [0.29, 0.717) is 5.41 Å². The zero-order chi connectivity index (χ0) is 13.0. The van der Waals surface area contributed by atoms with Gasteiger partial charge in [-0.3, -0.25) is 4.90 Å². The highest BCUT2D eigenvalue weighted by molar-refractivity contribution is 7.11. The van der Waals surface area contributed by atoms with Crippen molar-refractivity contribution in [3.63, 3.8) is 0 Å². The molecular formula is C15H26N2S. The Morgan fingerprint density at radius 1 is 1.28 bits per heavy atom. The van der Waals surface area contributed by atoms with E-state index in [4.69, 9.17) is 0 Å². The van der Waals surface area contributed by atoms with E-state index in [9.17, 15) is 0 Å². The smallest absolute Gasteiger partial charge is 0.0328 e. The average molecular weight is 266 g/mol. The van der Waals surface area contributed by atoms with Crippen LogP contribution in [0.5, 0.6) is 0 Å². The van der Waals surface area contributed by atoms with Gasteiger partial charge in [-0.1, -0.05) is 20.3 Å². The van der Waals surface area contributed by atoms with Gasteiger partial charge in [0.2, 0.25) is 0 Å². The molecule has 0 aromatic carbocycles.